The highest BCUT2D eigenvalue weighted by Crippen LogP contribution is 2.54. The van der Waals surface area contributed by atoms with Gasteiger partial charge in [-0.3, -0.25) is 23.7 Å². The van der Waals surface area contributed by atoms with Crippen molar-refractivity contribution in [2.24, 2.45) is 5.92 Å². The van der Waals surface area contributed by atoms with Gasteiger partial charge in [-0.2, -0.15) is 0 Å². The number of thioether (sulfide) groups is 1. The first kappa shape index (κ1) is 25.2. The lowest BCUT2D eigenvalue weighted by Gasteiger charge is -2.29. The topological polar surface area (TPSA) is 88.5 Å². The molecule has 4 aromatic rings. The molecule has 3 atom stereocenters. The van der Waals surface area contributed by atoms with Crippen LogP contribution in [0.15, 0.2) is 80.3 Å². The number of hydrogen-bond donors (Lipinski definition) is 1. The first-order chi connectivity index (χ1) is 18.3. The fourth-order valence-corrected chi connectivity index (χ4v) is 8.74. The third-order valence-electron chi connectivity index (χ3n) is 6.41. The summed E-state index contributed by atoms with van der Waals surface area (Å²) in [5.74, 6) is -2.69. The average molecular weight is 631 g/mol. The van der Waals surface area contributed by atoms with E-state index in [4.69, 9.17) is 0 Å². The predicted octanol–water partition coefficient (Wildman–Crippen LogP) is 5.31. The smallest absolute Gasteiger partial charge is 0.308 e. The second-order valence-electron chi connectivity index (χ2n) is 8.72. The average Bonchev–Trinajstić information content (AvgIpc) is 3.59. The summed E-state index contributed by atoms with van der Waals surface area (Å²) in [5, 5.41) is 4.35. The molecule has 2 aliphatic rings. The highest BCUT2D eigenvalue weighted by Gasteiger charge is 2.57. The van der Waals surface area contributed by atoms with E-state index in [-0.39, 0.29) is 23.2 Å². The van der Waals surface area contributed by atoms with Gasteiger partial charge in [0.05, 0.1) is 16.6 Å². The number of carbonyl (C=O) groups is 3. The number of nitrogens with zero attached hydrogens (tertiary/aromatic N) is 2. The molecule has 192 valence electrons. The molecule has 1 fully saturated rings. The van der Waals surface area contributed by atoms with E-state index in [0.29, 0.717) is 21.3 Å². The number of anilines is 2. The number of nitrogens with one attached hydrogen (secondary N) is 1. The van der Waals surface area contributed by atoms with E-state index < -0.39 is 28.8 Å². The quantitative estimate of drug-likeness (QED) is 0.302. The zero-order valence-electron chi connectivity index (χ0n) is 19.3. The molecule has 0 radical (unpaired) electrons. The minimum atomic E-state index is -0.744. The van der Waals surface area contributed by atoms with Gasteiger partial charge in [0.25, 0.3) is 0 Å². The maximum absolute atomic E-state index is 13.8. The molecule has 3 amide bonds. The number of hydrogen-bond acceptors (Lipinski definition) is 7. The molecule has 2 unspecified atom stereocenters. The highest BCUT2D eigenvalue weighted by atomic mass is 79.9. The monoisotopic (exact) mass is 629 g/mol. The minimum absolute atomic E-state index is 0.276. The normalized spacial score (nSPS) is 20.4. The van der Waals surface area contributed by atoms with E-state index in [2.05, 4.69) is 21.2 Å². The summed E-state index contributed by atoms with van der Waals surface area (Å²) in [6, 6.07) is 16.1. The molecule has 2 aromatic carbocycles. The molecule has 12 heteroatoms. The van der Waals surface area contributed by atoms with Gasteiger partial charge < -0.3 is 5.32 Å². The van der Waals surface area contributed by atoms with Crippen molar-refractivity contribution in [3.8, 4) is 0 Å². The second kappa shape index (κ2) is 9.92. The van der Waals surface area contributed by atoms with Crippen LogP contribution in [0.1, 0.15) is 15.7 Å². The molecule has 1 N–H and O–H groups in total. The van der Waals surface area contributed by atoms with Crippen LogP contribution in [0.3, 0.4) is 0 Å². The van der Waals surface area contributed by atoms with Crippen molar-refractivity contribution in [2.45, 2.75) is 22.7 Å². The number of imide groups is 1. The van der Waals surface area contributed by atoms with Gasteiger partial charge in [-0.1, -0.05) is 45.1 Å². The van der Waals surface area contributed by atoms with Gasteiger partial charge in [0.2, 0.25) is 17.7 Å². The summed E-state index contributed by atoms with van der Waals surface area (Å²) in [5.41, 5.74) is 0.891. The molecular formula is C26H17BrFN3O4S3. The maximum atomic E-state index is 13.8. The number of aromatic nitrogens is 1. The summed E-state index contributed by atoms with van der Waals surface area (Å²) in [6.07, 6.45) is 0. The molecule has 7 nitrogen and oxygen atoms in total. The van der Waals surface area contributed by atoms with Crippen LogP contribution in [0.25, 0.3) is 0 Å². The van der Waals surface area contributed by atoms with Crippen LogP contribution in [0.4, 0.5) is 15.8 Å². The Balaban J connectivity index is 1.38. The Bertz CT molecular complexity index is 1620. The molecule has 4 heterocycles. The van der Waals surface area contributed by atoms with E-state index in [1.807, 2.05) is 17.5 Å². The van der Waals surface area contributed by atoms with Gasteiger partial charge >= 0.3 is 4.87 Å². The first-order valence-corrected chi connectivity index (χ1v) is 14.8. The lowest BCUT2D eigenvalue weighted by atomic mass is 9.87. The molecular weight excluding hydrogens is 613 g/mol. The Morgan fingerprint density at radius 3 is 2.42 bits per heavy atom. The lowest BCUT2D eigenvalue weighted by molar-refractivity contribution is -0.122. The Morgan fingerprint density at radius 1 is 1.00 bits per heavy atom. The van der Waals surface area contributed by atoms with E-state index in [9.17, 15) is 23.6 Å². The molecule has 0 bridgehead atoms. The van der Waals surface area contributed by atoms with Crippen molar-refractivity contribution in [3.63, 3.8) is 0 Å². The number of halogens is 2. The molecule has 2 aliphatic heterocycles. The van der Waals surface area contributed by atoms with Gasteiger partial charge in [-0.05, 0) is 60.0 Å². The Labute approximate surface area is 236 Å². The van der Waals surface area contributed by atoms with Gasteiger partial charge in [-0.15, -0.1) is 11.3 Å². The number of carbonyl (C=O) groups excluding carboxylic acids is 3. The molecule has 1 saturated heterocycles. The van der Waals surface area contributed by atoms with Crippen molar-refractivity contribution in [1.29, 1.82) is 0 Å². The summed E-state index contributed by atoms with van der Waals surface area (Å²) in [4.78, 5) is 55.8. The SMILES string of the molecule is O=C(Cn1c2c(sc1=O)[C@H](c1cccs1)C1C(=O)N(c3ccc(Br)cc3)C(=O)C1S2)Nc1ccc(F)cc1. The lowest BCUT2D eigenvalue weighted by Crippen LogP contribution is -2.32. The van der Waals surface area contributed by atoms with E-state index >= 15 is 0 Å². The number of benzene rings is 2. The standard InChI is InChI=1S/C26H17BrFN3O4S3/c27-13-3-9-16(10-4-13)31-23(33)20-19(17-2-1-11-36-17)22-25(37-21(20)24(31)34)30(26(35)38-22)12-18(32)29-15-7-5-14(28)6-8-15/h1-11,19-21H,12H2,(H,29,32)/t19-,20?,21?/m1/s1. The molecule has 6 rings (SSSR count). The van der Waals surface area contributed by atoms with Crippen molar-refractivity contribution < 1.29 is 18.8 Å². The number of fused-ring (bicyclic) bond motifs is 2. The Morgan fingerprint density at radius 2 is 1.74 bits per heavy atom. The summed E-state index contributed by atoms with van der Waals surface area (Å²) in [7, 11) is 0. The highest BCUT2D eigenvalue weighted by molar-refractivity contribution is 9.10. The predicted molar refractivity (Wildman–Crippen MR) is 150 cm³/mol. The van der Waals surface area contributed by atoms with E-state index in [0.717, 1.165) is 20.7 Å². The Kier molecular flexibility index (Phi) is 6.58. The van der Waals surface area contributed by atoms with Crippen LogP contribution in [0.2, 0.25) is 0 Å². The number of thiazole rings is 1. The minimum Gasteiger partial charge on any atom is -0.325 e. The van der Waals surface area contributed by atoms with Crippen molar-refractivity contribution in [1.82, 2.24) is 4.57 Å². The second-order valence-corrected chi connectivity index (χ2v) is 12.7. The van der Waals surface area contributed by atoms with Crippen molar-refractivity contribution in [3.05, 3.63) is 95.8 Å². The van der Waals surface area contributed by atoms with Crippen LogP contribution in [-0.4, -0.2) is 27.5 Å². The third kappa shape index (κ3) is 4.35. The number of thiophene rings is 1. The molecule has 0 spiro atoms. The van der Waals surface area contributed by atoms with Crippen molar-refractivity contribution in [2.75, 3.05) is 10.2 Å². The largest absolute Gasteiger partial charge is 0.325 e. The zero-order chi connectivity index (χ0) is 26.6. The maximum Gasteiger partial charge on any atom is 0.308 e. The van der Waals surface area contributed by atoms with E-state index in [1.54, 1.807) is 24.3 Å². The van der Waals surface area contributed by atoms with Gasteiger partial charge in [0, 0.05) is 25.8 Å². The Hall–Kier alpha value is -3.06. The molecule has 2 aromatic heterocycles. The van der Waals surface area contributed by atoms with Gasteiger partial charge in [0.1, 0.15) is 17.6 Å². The molecule has 0 saturated carbocycles. The fraction of sp³-hybridized carbons (Fsp3) is 0.154. The first-order valence-electron chi connectivity index (χ1n) is 11.4. The fourth-order valence-electron chi connectivity index (χ4n) is 4.75. The van der Waals surface area contributed by atoms with Gasteiger partial charge in [-0.25, -0.2) is 9.29 Å². The summed E-state index contributed by atoms with van der Waals surface area (Å²) >= 11 is 7.01. The molecule has 0 aliphatic carbocycles. The van der Waals surface area contributed by atoms with Crippen LogP contribution >= 0.6 is 50.4 Å². The van der Waals surface area contributed by atoms with Crippen molar-refractivity contribution >= 4 is 79.5 Å². The van der Waals surface area contributed by atoms with Crippen LogP contribution in [-0.2, 0) is 20.9 Å². The van der Waals surface area contributed by atoms with Crippen LogP contribution in [0.5, 0.6) is 0 Å². The summed E-state index contributed by atoms with van der Waals surface area (Å²) < 4.78 is 15.4. The summed E-state index contributed by atoms with van der Waals surface area (Å²) in [6.45, 7) is -0.276. The third-order valence-corrected chi connectivity index (χ3v) is 10.5. The number of rotatable bonds is 5. The number of amides is 3. The zero-order valence-corrected chi connectivity index (χ0v) is 23.3. The molecule has 38 heavy (non-hydrogen) atoms. The van der Waals surface area contributed by atoms with E-state index in [1.165, 1.54) is 56.8 Å². The van der Waals surface area contributed by atoms with Crippen LogP contribution in [0, 0.1) is 11.7 Å². The van der Waals surface area contributed by atoms with Crippen LogP contribution < -0.4 is 15.1 Å². The van der Waals surface area contributed by atoms with Gasteiger partial charge in [0.15, 0.2) is 0 Å².